The molecule has 2 aliphatic heterocycles. The Morgan fingerprint density at radius 2 is 1.74 bits per heavy atom. The maximum absolute atomic E-state index is 15.2. The molecule has 2 aliphatic rings. The van der Waals surface area contributed by atoms with Crippen molar-refractivity contribution in [3.8, 4) is 0 Å². The van der Waals surface area contributed by atoms with Crippen LogP contribution in [0.15, 0.2) is 59.3 Å². The number of halogens is 1. The lowest BCUT2D eigenvalue weighted by atomic mass is 9.94. The van der Waals surface area contributed by atoms with Crippen molar-refractivity contribution >= 4 is 44.8 Å². The second-order valence-corrected chi connectivity index (χ2v) is 9.62. The van der Waals surface area contributed by atoms with E-state index in [0.717, 1.165) is 36.8 Å². The molecule has 35 heavy (non-hydrogen) atoms. The quantitative estimate of drug-likeness (QED) is 0.419. The number of likely N-dealkylation sites (tertiary alicyclic amines) is 1. The summed E-state index contributed by atoms with van der Waals surface area (Å²) in [6.07, 6.45) is 5.41. The number of benzene rings is 2. The largest absolute Gasteiger partial charge is 0.464 e. The third-order valence-corrected chi connectivity index (χ3v) is 7.38. The smallest absolute Gasteiger partial charge is 0.259 e. The fourth-order valence-corrected chi connectivity index (χ4v) is 5.58. The van der Waals surface area contributed by atoms with Crippen LogP contribution >= 0.6 is 0 Å². The van der Waals surface area contributed by atoms with Crippen molar-refractivity contribution in [2.45, 2.75) is 38.8 Å². The molecule has 0 atom stereocenters. The molecule has 2 amide bonds. The number of fused-ring (bicyclic) bond motifs is 2. The lowest BCUT2D eigenvalue weighted by molar-refractivity contribution is -0.122. The van der Waals surface area contributed by atoms with Crippen LogP contribution in [0.25, 0.3) is 33.0 Å². The summed E-state index contributed by atoms with van der Waals surface area (Å²) in [5, 5.41) is 3.92. The summed E-state index contributed by atoms with van der Waals surface area (Å²) in [7, 11) is 0. The summed E-state index contributed by atoms with van der Waals surface area (Å²) in [5.74, 6) is -1.74. The predicted molar refractivity (Wildman–Crippen MR) is 133 cm³/mol. The fraction of sp³-hybridized carbons (Fsp3) is 0.286. The molecule has 0 spiro atoms. The molecule has 6 nitrogen and oxygen atoms in total. The zero-order valence-corrected chi connectivity index (χ0v) is 19.7. The number of nitrogens with one attached hydrogen (secondary N) is 1. The third kappa shape index (κ3) is 3.41. The second-order valence-electron chi connectivity index (χ2n) is 9.62. The summed E-state index contributed by atoms with van der Waals surface area (Å²) in [4.78, 5) is 28.6. The zero-order valence-electron chi connectivity index (χ0n) is 19.7. The van der Waals surface area contributed by atoms with Crippen LogP contribution in [0.4, 0.5) is 4.39 Å². The van der Waals surface area contributed by atoms with Crippen LogP contribution in [0, 0.1) is 5.82 Å². The Balaban J connectivity index is 1.55. The van der Waals surface area contributed by atoms with E-state index in [4.69, 9.17) is 4.42 Å². The van der Waals surface area contributed by atoms with Gasteiger partial charge in [0, 0.05) is 53.2 Å². The van der Waals surface area contributed by atoms with E-state index in [-0.39, 0.29) is 28.3 Å². The Labute approximate surface area is 202 Å². The van der Waals surface area contributed by atoms with Gasteiger partial charge in [-0.2, -0.15) is 0 Å². The molecule has 0 aliphatic carbocycles. The minimum atomic E-state index is -0.616. The SMILES string of the molecule is CC(C)N1CCC(n2cc(C3=C(c4c(F)ccc5ccoc45)C(=O)NC3=O)c3ccccc32)CC1. The number of aromatic nitrogens is 1. The molecule has 0 saturated carbocycles. The number of amides is 2. The van der Waals surface area contributed by atoms with Crippen LogP contribution in [0.1, 0.15) is 43.9 Å². The number of hydrogen-bond acceptors (Lipinski definition) is 4. The van der Waals surface area contributed by atoms with Crippen molar-refractivity contribution < 1.29 is 18.4 Å². The molecule has 4 heterocycles. The van der Waals surface area contributed by atoms with Gasteiger partial charge in [0.15, 0.2) is 0 Å². The number of piperidine rings is 1. The maximum atomic E-state index is 15.2. The van der Waals surface area contributed by atoms with E-state index < -0.39 is 17.6 Å². The molecule has 1 N–H and O–H groups in total. The Kier molecular flexibility index (Phi) is 5.11. The highest BCUT2D eigenvalue weighted by molar-refractivity contribution is 6.50. The molecule has 1 fully saturated rings. The monoisotopic (exact) mass is 471 g/mol. The number of rotatable bonds is 4. The van der Waals surface area contributed by atoms with Crippen molar-refractivity contribution in [2.75, 3.05) is 13.1 Å². The molecule has 0 bridgehead atoms. The highest BCUT2D eigenvalue weighted by Crippen LogP contribution is 2.41. The van der Waals surface area contributed by atoms with Gasteiger partial charge in [-0.3, -0.25) is 14.9 Å². The van der Waals surface area contributed by atoms with Gasteiger partial charge in [-0.15, -0.1) is 0 Å². The van der Waals surface area contributed by atoms with Crippen LogP contribution in [0.5, 0.6) is 0 Å². The van der Waals surface area contributed by atoms with Gasteiger partial charge in [0.2, 0.25) is 0 Å². The number of nitrogens with zero attached hydrogens (tertiary/aromatic N) is 2. The van der Waals surface area contributed by atoms with Crippen molar-refractivity contribution in [2.24, 2.45) is 0 Å². The van der Waals surface area contributed by atoms with Gasteiger partial charge < -0.3 is 13.9 Å². The van der Waals surface area contributed by atoms with Crippen molar-refractivity contribution in [3.63, 3.8) is 0 Å². The Bertz CT molecular complexity index is 1520. The van der Waals surface area contributed by atoms with Gasteiger partial charge >= 0.3 is 0 Å². The molecule has 178 valence electrons. The summed E-state index contributed by atoms with van der Waals surface area (Å²) in [6, 6.07) is 13.3. The van der Waals surface area contributed by atoms with E-state index >= 15 is 4.39 Å². The zero-order chi connectivity index (χ0) is 24.3. The van der Waals surface area contributed by atoms with Crippen LogP contribution < -0.4 is 5.32 Å². The van der Waals surface area contributed by atoms with Crippen molar-refractivity contribution in [1.29, 1.82) is 0 Å². The highest BCUT2D eigenvalue weighted by atomic mass is 19.1. The van der Waals surface area contributed by atoms with E-state index in [1.807, 2.05) is 30.5 Å². The molecule has 0 unspecified atom stereocenters. The standard InChI is InChI=1S/C28H26FN3O3/c1-16(2)31-12-9-18(10-13-31)32-15-20(19-5-3-4-6-22(19)32)23-25(28(34)30-27(23)33)24-21(29)8-7-17-11-14-35-26(17)24/h3-8,11,14-16,18H,9-10,12-13H2,1-2H3,(H,30,33,34). The van der Waals surface area contributed by atoms with E-state index in [0.29, 0.717) is 17.0 Å². The average molecular weight is 472 g/mol. The molecule has 0 radical (unpaired) electrons. The first-order valence-corrected chi connectivity index (χ1v) is 12.0. The molecule has 7 heteroatoms. The van der Waals surface area contributed by atoms with Gasteiger partial charge in [-0.1, -0.05) is 18.2 Å². The van der Waals surface area contributed by atoms with Crippen LogP contribution in [0.2, 0.25) is 0 Å². The lowest BCUT2D eigenvalue weighted by Crippen LogP contribution is -2.38. The van der Waals surface area contributed by atoms with Crippen LogP contribution in [0.3, 0.4) is 0 Å². The van der Waals surface area contributed by atoms with Crippen molar-refractivity contribution in [3.05, 3.63) is 71.9 Å². The first-order valence-electron chi connectivity index (χ1n) is 12.0. The molecular formula is C28H26FN3O3. The summed E-state index contributed by atoms with van der Waals surface area (Å²) in [6.45, 7) is 6.43. The maximum Gasteiger partial charge on any atom is 0.259 e. The Hall–Kier alpha value is -3.71. The number of carbonyl (C=O) groups excluding carboxylic acids is 2. The van der Waals surface area contributed by atoms with E-state index in [9.17, 15) is 9.59 Å². The molecule has 4 aromatic rings. The first kappa shape index (κ1) is 21.8. The fourth-order valence-electron chi connectivity index (χ4n) is 5.58. The minimum Gasteiger partial charge on any atom is -0.464 e. The lowest BCUT2D eigenvalue weighted by Gasteiger charge is -2.35. The van der Waals surface area contributed by atoms with Gasteiger partial charge in [-0.05, 0) is 51.0 Å². The normalized spacial score (nSPS) is 17.9. The van der Waals surface area contributed by atoms with Gasteiger partial charge in [0.25, 0.3) is 11.8 Å². The molecule has 6 rings (SSSR count). The number of imide groups is 1. The van der Waals surface area contributed by atoms with E-state index in [1.54, 1.807) is 12.1 Å². The number of hydrogen-bond donors (Lipinski definition) is 1. The molecule has 2 aromatic heterocycles. The summed E-state index contributed by atoms with van der Waals surface area (Å²) < 4.78 is 22.9. The molecule has 2 aromatic carbocycles. The van der Waals surface area contributed by atoms with Gasteiger partial charge in [0.05, 0.1) is 23.0 Å². The van der Waals surface area contributed by atoms with Crippen LogP contribution in [-0.2, 0) is 9.59 Å². The van der Waals surface area contributed by atoms with E-state index in [1.165, 1.54) is 12.3 Å². The third-order valence-electron chi connectivity index (χ3n) is 7.38. The first-order chi connectivity index (χ1) is 16.9. The predicted octanol–water partition coefficient (Wildman–Crippen LogP) is 5.14. The summed E-state index contributed by atoms with van der Waals surface area (Å²) in [5.41, 5.74) is 2.12. The molecule has 1 saturated heterocycles. The van der Waals surface area contributed by atoms with Gasteiger partial charge in [0.1, 0.15) is 11.4 Å². The minimum absolute atomic E-state index is 0.0191. The summed E-state index contributed by atoms with van der Waals surface area (Å²) >= 11 is 0. The topological polar surface area (TPSA) is 67.5 Å². The molecular weight excluding hydrogens is 445 g/mol. The van der Waals surface area contributed by atoms with Gasteiger partial charge in [-0.25, -0.2) is 4.39 Å². The number of furan rings is 1. The van der Waals surface area contributed by atoms with Crippen LogP contribution in [-0.4, -0.2) is 40.4 Å². The van der Waals surface area contributed by atoms with Crippen molar-refractivity contribution in [1.82, 2.24) is 14.8 Å². The average Bonchev–Trinajstić information content (AvgIpc) is 3.55. The van der Waals surface area contributed by atoms with E-state index in [2.05, 4.69) is 28.6 Å². The number of carbonyl (C=O) groups is 2. The number of para-hydroxylation sites is 1. The Morgan fingerprint density at radius 1 is 1.00 bits per heavy atom. The Morgan fingerprint density at radius 3 is 2.51 bits per heavy atom. The highest BCUT2D eigenvalue weighted by Gasteiger charge is 2.37. The second kappa shape index (κ2) is 8.20.